The van der Waals surface area contributed by atoms with Gasteiger partial charge in [-0.2, -0.15) is 0 Å². The average Bonchev–Trinajstić information content (AvgIpc) is 3.72. The van der Waals surface area contributed by atoms with Crippen LogP contribution in [-0.4, -0.2) is 19.6 Å². The molecule has 2 aromatic heterocycles. The van der Waals surface area contributed by atoms with E-state index in [9.17, 15) is 6.48 Å². The highest BCUT2D eigenvalue weighted by atomic mass is 16.3. The maximum atomic E-state index is 12.4. The molecule has 2 heterocycles. The number of fused-ring (bicyclic) bond motifs is 1. The van der Waals surface area contributed by atoms with Crippen LogP contribution in [0.2, 0.25) is 0 Å². The number of hydrogen-bond acceptors (Lipinski definition) is 3. The lowest BCUT2D eigenvalue weighted by molar-refractivity contribution is 0.466. The topological polar surface area (TPSA) is 50.9 Å². The molecule has 320 valence electrons. The Balaban J connectivity index is 1.49. The van der Waals surface area contributed by atoms with E-state index >= 15 is 0 Å². The molecule has 0 spiro atoms. The number of hydrogen-bond donors (Lipinski definition) is 1. The average molecular weight is 843 g/mol. The molecule has 4 nitrogen and oxygen atoms in total. The number of rotatable bonds is 10. The van der Waals surface area contributed by atoms with E-state index in [1.165, 1.54) is 0 Å². The summed E-state index contributed by atoms with van der Waals surface area (Å²) in [6.07, 6.45) is -0.562. The fourth-order valence-electron chi connectivity index (χ4n) is 8.27. The number of aromatic nitrogens is 3. The summed E-state index contributed by atoms with van der Waals surface area (Å²) in [5, 5.41) is 12.4. The largest absolute Gasteiger partial charge is 0.507 e. The van der Waals surface area contributed by atoms with E-state index in [0.717, 1.165) is 11.1 Å². The highest BCUT2D eigenvalue weighted by Crippen LogP contribution is 2.44. The summed E-state index contributed by atoms with van der Waals surface area (Å²) in [4.78, 5) is 9.84. The van der Waals surface area contributed by atoms with E-state index in [4.69, 9.17) is 21.4 Å². The Labute approximate surface area is 394 Å². The van der Waals surface area contributed by atoms with Gasteiger partial charge in [0.1, 0.15) is 11.6 Å². The maximum absolute atomic E-state index is 12.4. The van der Waals surface area contributed by atoms with Crippen molar-refractivity contribution in [3.8, 4) is 67.5 Å². The highest BCUT2D eigenvalue weighted by molar-refractivity contribution is 5.97. The highest BCUT2D eigenvalue weighted by Gasteiger charge is 2.26. The minimum Gasteiger partial charge on any atom is -0.507 e. The summed E-state index contributed by atoms with van der Waals surface area (Å²) < 4.78 is 117. The van der Waals surface area contributed by atoms with Crippen LogP contribution in [0.5, 0.6) is 5.75 Å². The van der Waals surface area contributed by atoms with Crippen molar-refractivity contribution in [2.45, 2.75) is 112 Å². The summed E-state index contributed by atoms with van der Waals surface area (Å²) in [5.41, 5.74) is 6.54. The first-order chi connectivity index (χ1) is 35.1. The Morgan fingerprint density at radius 2 is 1.37 bits per heavy atom. The van der Waals surface area contributed by atoms with Crippen molar-refractivity contribution in [2.75, 3.05) is 0 Å². The van der Waals surface area contributed by atoms with Gasteiger partial charge in [0.25, 0.3) is 0 Å². The van der Waals surface area contributed by atoms with Gasteiger partial charge in [-0.05, 0) is 146 Å². The number of phenols is 1. The molecule has 0 aliphatic carbocycles. The second-order valence-electron chi connectivity index (χ2n) is 18.5. The van der Waals surface area contributed by atoms with Gasteiger partial charge in [0.15, 0.2) is 0 Å². The van der Waals surface area contributed by atoms with E-state index < -0.39 is 72.5 Å². The lowest BCUT2D eigenvalue weighted by atomic mass is 9.83. The van der Waals surface area contributed by atoms with E-state index in [0.29, 0.717) is 61.1 Å². The number of nitrogens with zero attached hydrogens (tertiary/aromatic N) is 3. The number of benzene rings is 6. The molecule has 0 fully saturated rings. The molecule has 0 bridgehead atoms. The fourth-order valence-corrected chi connectivity index (χ4v) is 8.27. The molecule has 8 aromatic rings. The first-order valence-electron chi connectivity index (χ1n) is 28.0. The molecular formula is C59H63N3O. The molecule has 0 aliphatic rings. The first-order valence-corrected chi connectivity index (χ1v) is 21.5. The molecule has 0 aliphatic heterocycles. The third-order valence-corrected chi connectivity index (χ3v) is 11.8. The number of aromatic hydroxyl groups is 1. The Morgan fingerprint density at radius 3 is 2.02 bits per heavy atom. The number of aryl methyl sites for hydroxylation is 1. The van der Waals surface area contributed by atoms with Gasteiger partial charge in [-0.25, -0.2) is 4.98 Å². The van der Waals surface area contributed by atoms with Gasteiger partial charge in [-0.15, -0.1) is 0 Å². The van der Waals surface area contributed by atoms with Crippen LogP contribution in [0.4, 0.5) is 0 Å². The standard InChI is InChI=1S/C59H63N3O/c1-35(2)43-32-50(38(7)8)57(63)51(33-43)58-61-56-49(44-29-45(31-46(30-44)59(10,11)12)52-34-41(26-27-60-52)40-18-14-13-15-19-40)22-17-23-54(56)62(58)53-25-24-42(28-39(53)9)55-47(36(3)4)20-16-21-48(55)37(5)6/h13-38,63H,1-12H3/i9D3,13D,14D,15D,18D,19D,26D,27D,34D,36D,37D. The lowest BCUT2D eigenvalue weighted by Gasteiger charge is -2.22. The third-order valence-electron chi connectivity index (χ3n) is 11.8. The van der Waals surface area contributed by atoms with Crippen LogP contribution in [-0.2, 0) is 5.41 Å². The van der Waals surface area contributed by atoms with E-state index in [1.807, 2.05) is 101 Å². The first kappa shape index (κ1) is 29.9. The summed E-state index contributed by atoms with van der Waals surface area (Å²) in [7, 11) is 0. The van der Waals surface area contributed by atoms with Gasteiger partial charge < -0.3 is 5.11 Å². The van der Waals surface area contributed by atoms with Gasteiger partial charge in [-0.3, -0.25) is 9.55 Å². The zero-order valence-electron chi connectivity index (χ0n) is 51.0. The molecule has 0 saturated heterocycles. The molecule has 63 heavy (non-hydrogen) atoms. The van der Waals surface area contributed by atoms with Crippen molar-refractivity contribution in [2.24, 2.45) is 0 Å². The summed E-state index contributed by atoms with van der Waals surface area (Å²) >= 11 is 0. The van der Waals surface area contributed by atoms with Crippen LogP contribution in [0.1, 0.15) is 151 Å². The molecule has 0 unspecified atom stereocenters. The SMILES string of the molecule is [2H]c1nc(-c2cc(-c3cccc4c3nc(-c3cc(C(C)C)cc(C(C)C)c3O)n4-c3ccc(-c4c(C([2H])(C)C)cccc4C([2H])(C)C)cc3C([2H])([2H])[2H])cc(C(C)(C)C)c2)c([2H])c(-c2c([2H])c([2H])c([2H])c([2H])c2[2H])c1[2H]. The zero-order chi connectivity index (χ0) is 56.2. The number of phenolic OH excluding ortho intramolecular Hbond substituents is 1. The molecule has 0 saturated carbocycles. The van der Waals surface area contributed by atoms with Crippen LogP contribution >= 0.6 is 0 Å². The second kappa shape index (κ2) is 17.1. The van der Waals surface area contributed by atoms with E-state index in [2.05, 4.69) is 18.8 Å². The van der Waals surface area contributed by atoms with Crippen LogP contribution < -0.4 is 0 Å². The Morgan fingerprint density at radius 1 is 0.667 bits per heavy atom. The van der Waals surface area contributed by atoms with Gasteiger partial charge >= 0.3 is 0 Å². The molecule has 0 atom stereocenters. The molecule has 0 amide bonds. The molecule has 4 heteroatoms. The monoisotopic (exact) mass is 843 g/mol. The lowest BCUT2D eigenvalue weighted by Crippen LogP contribution is -2.11. The molecule has 1 N–H and O–H groups in total. The molecule has 0 radical (unpaired) electrons. The van der Waals surface area contributed by atoms with Gasteiger partial charge in [0.05, 0.1) is 38.9 Å². The van der Waals surface area contributed by atoms with Crippen molar-refractivity contribution < 1.29 is 22.9 Å². The van der Waals surface area contributed by atoms with Crippen LogP contribution in [0.25, 0.3) is 72.7 Å². The summed E-state index contributed by atoms with van der Waals surface area (Å²) in [6, 6.07) is 21.5. The quantitative estimate of drug-likeness (QED) is 0.149. The Kier molecular flexibility index (Phi) is 8.14. The maximum Gasteiger partial charge on any atom is 0.149 e. The smallest absolute Gasteiger partial charge is 0.149 e. The van der Waals surface area contributed by atoms with Crippen LogP contribution in [0, 0.1) is 6.85 Å². The number of pyridine rings is 1. The van der Waals surface area contributed by atoms with Crippen molar-refractivity contribution in [3.05, 3.63) is 167 Å². The van der Waals surface area contributed by atoms with Crippen molar-refractivity contribution >= 4 is 11.0 Å². The fraction of sp³-hybridized carbons (Fsp3) is 0.288. The van der Waals surface area contributed by atoms with Gasteiger partial charge in [0.2, 0.25) is 0 Å². The van der Waals surface area contributed by atoms with Crippen LogP contribution in [0.15, 0.2) is 133 Å². The van der Waals surface area contributed by atoms with Gasteiger partial charge in [0, 0.05) is 24.2 Å². The minimum absolute atomic E-state index is 0.0106. The Hall–Kier alpha value is -6.26. The minimum atomic E-state index is -2.72. The molecular weight excluding hydrogens is 767 g/mol. The van der Waals surface area contributed by atoms with Gasteiger partial charge in [-0.1, -0.05) is 155 Å². The van der Waals surface area contributed by atoms with Crippen molar-refractivity contribution in [3.63, 3.8) is 0 Å². The molecule has 6 aromatic carbocycles. The Bertz CT molecular complexity index is 3590. The summed E-state index contributed by atoms with van der Waals surface area (Å²) in [6.45, 7) is 18.4. The van der Waals surface area contributed by atoms with E-state index in [-0.39, 0.29) is 51.5 Å². The number of imidazole rings is 1. The zero-order valence-corrected chi connectivity index (χ0v) is 38.0. The normalized spacial score (nSPS) is 15.6. The van der Waals surface area contributed by atoms with Crippen molar-refractivity contribution in [1.82, 2.24) is 14.5 Å². The predicted molar refractivity (Wildman–Crippen MR) is 268 cm³/mol. The molecule has 8 rings (SSSR count). The second-order valence-corrected chi connectivity index (χ2v) is 18.5. The third kappa shape index (κ3) is 8.36. The number of para-hydroxylation sites is 1. The predicted octanol–water partition coefficient (Wildman–Crippen LogP) is 16.6. The summed E-state index contributed by atoms with van der Waals surface area (Å²) in [5.74, 6) is -2.06. The van der Waals surface area contributed by atoms with Crippen molar-refractivity contribution in [1.29, 1.82) is 0 Å². The van der Waals surface area contributed by atoms with E-state index in [1.54, 1.807) is 50.5 Å². The van der Waals surface area contributed by atoms with Crippen LogP contribution in [0.3, 0.4) is 0 Å².